The molecule has 6 nitrogen and oxygen atoms in total. The van der Waals surface area contributed by atoms with Crippen LogP contribution in [0.15, 0.2) is 35.1 Å². The van der Waals surface area contributed by atoms with Crippen LogP contribution >= 0.6 is 0 Å². The third kappa shape index (κ3) is 5.91. The van der Waals surface area contributed by atoms with E-state index in [9.17, 15) is 22.8 Å². The molecular formula is C21H24F3N3O3. The second-order valence-corrected chi connectivity index (χ2v) is 7.18. The lowest BCUT2D eigenvalue weighted by molar-refractivity contribution is -0.123. The number of carbonyl (C=O) groups is 1. The Hall–Kier alpha value is -2.68. The van der Waals surface area contributed by atoms with Crippen LogP contribution in [0.2, 0.25) is 0 Å². The Labute approximate surface area is 172 Å². The summed E-state index contributed by atoms with van der Waals surface area (Å²) in [7, 11) is 0. The maximum atomic E-state index is 12.7. The van der Waals surface area contributed by atoms with Crippen molar-refractivity contribution in [3.63, 3.8) is 0 Å². The molecule has 1 saturated heterocycles. The summed E-state index contributed by atoms with van der Waals surface area (Å²) in [6.45, 7) is 0.186. The molecule has 1 amide bonds. The lowest BCUT2D eigenvalue weighted by atomic mass is 10.1. The fraction of sp³-hybridized carbons (Fsp3) is 0.476. The standard InChI is InChI=1S/C21H24F3N3O3/c22-11-14-4-6-15(7-5-14)17-10-21(29)27(19(26-17)3-1-2-18(23)24)13-20(28)25-12-16-8-9-30-16/h4-7,10,16,18H,1-3,8-9,11-13H2,(H,25,28). The van der Waals surface area contributed by atoms with Crippen LogP contribution in [-0.2, 0) is 29.2 Å². The van der Waals surface area contributed by atoms with Crippen molar-refractivity contribution in [3.05, 3.63) is 52.1 Å². The molecule has 1 atom stereocenters. The number of ether oxygens (including phenoxy) is 1. The molecule has 1 aliphatic heterocycles. The van der Waals surface area contributed by atoms with Gasteiger partial charge in [0.25, 0.3) is 5.56 Å². The minimum atomic E-state index is -2.45. The van der Waals surface area contributed by atoms with Gasteiger partial charge >= 0.3 is 0 Å². The zero-order chi connectivity index (χ0) is 21.5. The normalized spacial score (nSPS) is 15.8. The maximum Gasteiger partial charge on any atom is 0.254 e. The van der Waals surface area contributed by atoms with E-state index in [-0.39, 0.29) is 43.6 Å². The van der Waals surface area contributed by atoms with Gasteiger partial charge in [0.15, 0.2) is 0 Å². The van der Waals surface area contributed by atoms with Crippen LogP contribution < -0.4 is 10.9 Å². The second-order valence-electron chi connectivity index (χ2n) is 7.18. The first-order valence-electron chi connectivity index (χ1n) is 9.88. The average molecular weight is 423 g/mol. The molecule has 0 spiro atoms. The fourth-order valence-corrected chi connectivity index (χ4v) is 3.11. The maximum absolute atomic E-state index is 12.7. The number of alkyl halides is 3. The van der Waals surface area contributed by atoms with Crippen LogP contribution in [0.5, 0.6) is 0 Å². The van der Waals surface area contributed by atoms with E-state index >= 15 is 0 Å². The minimum Gasteiger partial charge on any atom is -0.376 e. The predicted octanol–water partition coefficient (Wildman–Crippen LogP) is 2.87. The number of halogens is 3. The number of benzene rings is 1. The van der Waals surface area contributed by atoms with Gasteiger partial charge in [-0.15, -0.1) is 0 Å². The number of nitrogens with zero attached hydrogens (tertiary/aromatic N) is 2. The smallest absolute Gasteiger partial charge is 0.254 e. The molecule has 1 fully saturated rings. The predicted molar refractivity (Wildman–Crippen MR) is 105 cm³/mol. The first-order valence-corrected chi connectivity index (χ1v) is 9.88. The SMILES string of the molecule is O=C(Cn1c(CCCC(F)F)nc(-c2ccc(CF)cc2)cc1=O)NCC1CCO1. The summed E-state index contributed by atoms with van der Waals surface area (Å²) >= 11 is 0. The molecule has 0 saturated carbocycles. The number of hydrogen-bond donors (Lipinski definition) is 1. The van der Waals surface area contributed by atoms with Crippen LogP contribution in [0.4, 0.5) is 13.2 Å². The van der Waals surface area contributed by atoms with Crippen molar-refractivity contribution in [1.82, 2.24) is 14.9 Å². The molecule has 2 aromatic rings. The molecule has 1 unspecified atom stereocenters. The van der Waals surface area contributed by atoms with E-state index in [1.165, 1.54) is 10.6 Å². The van der Waals surface area contributed by atoms with Crippen LogP contribution in [0.1, 0.15) is 30.7 Å². The Morgan fingerprint density at radius 2 is 2.03 bits per heavy atom. The van der Waals surface area contributed by atoms with Gasteiger partial charge in [0, 0.05) is 37.6 Å². The number of hydrogen-bond acceptors (Lipinski definition) is 4. The van der Waals surface area contributed by atoms with Crippen molar-refractivity contribution in [2.24, 2.45) is 0 Å². The molecule has 0 radical (unpaired) electrons. The first kappa shape index (κ1) is 22.0. The van der Waals surface area contributed by atoms with Gasteiger partial charge < -0.3 is 10.1 Å². The summed E-state index contributed by atoms with van der Waals surface area (Å²) in [5, 5.41) is 2.71. The van der Waals surface area contributed by atoms with Crippen molar-refractivity contribution in [3.8, 4) is 11.3 Å². The highest BCUT2D eigenvalue weighted by molar-refractivity contribution is 5.75. The zero-order valence-electron chi connectivity index (χ0n) is 16.5. The van der Waals surface area contributed by atoms with Crippen molar-refractivity contribution in [2.75, 3.05) is 13.2 Å². The molecule has 30 heavy (non-hydrogen) atoms. The summed E-state index contributed by atoms with van der Waals surface area (Å²) in [4.78, 5) is 29.4. The highest BCUT2D eigenvalue weighted by Gasteiger charge is 2.19. The molecule has 0 aliphatic carbocycles. The Morgan fingerprint density at radius 1 is 1.30 bits per heavy atom. The summed E-state index contributed by atoms with van der Waals surface area (Å²) in [6.07, 6.45) is -1.65. The molecule has 162 valence electrons. The van der Waals surface area contributed by atoms with E-state index in [1.807, 2.05) is 0 Å². The molecule has 9 heteroatoms. The third-order valence-electron chi connectivity index (χ3n) is 4.94. The Bertz CT molecular complexity index is 912. The Morgan fingerprint density at radius 3 is 2.63 bits per heavy atom. The third-order valence-corrected chi connectivity index (χ3v) is 4.94. The first-order chi connectivity index (χ1) is 14.5. The number of carbonyl (C=O) groups excluding carboxylic acids is 1. The van der Waals surface area contributed by atoms with E-state index in [4.69, 9.17) is 4.74 Å². The number of aromatic nitrogens is 2. The van der Waals surface area contributed by atoms with Crippen LogP contribution in [0.25, 0.3) is 11.3 Å². The molecule has 2 heterocycles. The number of amides is 1. The van der Waals surface area contributed by atoms with Crippen LogP contribution in [0.3, 0.4) is 0 Å². The highest BCUT2D eigenvalue weighted by Crippen LogP contribution is 2.18. The summed E-state index contributed by atoms with van der Waals surface area (Å²) < 4.78 is 44.3. The van der Waals surface area contributed by atoms with E-state index in [0.717, 1.165) is 6.42 Å². The molecule has 1 aromatic carbocycles. The lowest BCUT2D eigenvalue weighted by Crippen LogP contribution is -2.42. The summed E-state index contributed by atoms with van der Waals surface area (Å²) in [5.74, 6) is -0.104. The number of aryl methyl sites for hydroxylation is 1. The van der Waals surface area contributed by atoms with Gasteiger partial charge in [-0.25, -0.2) is 18.2 Å². The average Bonchev–Trinajstić information content (AvgIpc) is 2.68. The van der Waals surface area contributed by atoms with Gasteiger partial charge in [0.1, 0.15) is 19.0 Å². The second kappa shape index (κ2) is 10.4. The molecule has 0 bridgehead atoms. The monoisotopic (exact) mass is 423 g/mol. The highest BCUT2D eigenvalue weighted by atomic mass is 19.3. The van der Waals surface area contributed by atoms with E-state index < -0.39 is 18.7 Å². The largest absolute Gasteiger partial charge is 0.376 e. The van der Waals surface area contributed by atoms with E-state index in [0.29, 0.717) is 30.0 Å². The summed E-state index contributed by atoms with van der Waals surface area (Å²) in [5.41, 5.74) is 1.02. The van der Waals surface area contributed by atoms with E-state index in [1.54, 1.807) is 24.3 Å². The molecule has 3 rings (SSSR count). The van der Waals surface area contributed by atoms with Crippen molar-refractivity contribution >= 4 is 5.91 Å². The number of rotatable bonds is 10. The minimum absolute atomic E-state index is 0.0102. The van der Waals surface area contributed by atoms with Crippen LogP contribution in [0, 0.1) is 0 Å². The Kier molecular flexibility index (Phi) is 7.62. The lowest BCUT2D eigenvalue weighted by Gasteiger charge is -2.26. The Balaban J connectivity index is 1.81. The molecular weight excluding hydrogens is 399 g/mol. The molecule has 1 aliphatic rings. The topological polar surface area (TPSA) is 73.2 Å². The summed E-state index contributed by atoms with van der Waals surface area (Å²) in [6, 6.07) is 7.78. The van der Waals surface area contributed by atoms with Gasteiger partial charge in [-0.2, -0.15) is 0 Å². The molecule has 1 aromatic heterocycles. The van der Waals surface area contributed by atoms with Gasteiger partial charge in [-0.1, -0.05) is 24.3 Å². The van der Waals surface area contributed by atoms with Gasteiger partial charge in [0.2, 0.25) is 12.3 Å². The van der Waals surface area contributed by atoms with Gasteiger partial charge in [0.05, 0.1) is 11.8 Å². The fourth-order valence-electron chi connectivity index (χ4n) is 3.11. The van der Waals surface area contributed by atoms with Gasteiger partial charge in [-0.3, -0.25) is 14.2 Å². The zero-order valence-corrected chi connectivity index (χ0v) is 16.5. The van der Waals surface area contributed by atoms with Crippen molar-refractivity contribution in [1.29, 1.82) is 0 Å². The quantitative estimate of drug-likeness (QED) is 0.638. The van der Waals surface area contributed by atoms with Gasteiger partial charge in [-0.05, 0) is 18.4 Å². The van der Waals surface area contributed by atoms with Crippen molar-refractivity contribution in [2.45, 2.75) is 51.4 Å². The van der Waals surface area contributed by atoms with Crippen molar-refractivity contribution < 1.29 is 22.7 Å². The van der Waals surface area contributed by atoms with Crippen LogP contribution in [-0.4, -0.2) is 41.1 Å². The molecule has 1 N–H and O–H groups in total. The van der Waals surface area contributed by atoms with E-state index in [2.05, 4.69) is 10.3 Å². The number of nitrogens with one attached hydrogen (secondary N) is 1.